The third-order valence-corrected chi connectivity index (χ3v) is 13.8. The third-order valence-electron chi connectivity index (χ3n) is 12.3. The number of allylic oxidation sites excluding steroid dienone is 3. The zero-order valence-corrected chi connectivity index (χ0v) is 38.3. The lowest BCUT2D eigenvalue weighted by molar-refractivity contribution is -0.121. The molecule has 1 aliphatic carbocycles. The van der Waals surface area contributed by atoms with Crippen LogP contribution in [-0.2, 0) is 9.59 Å². The molecule has 5 atom stereocenters. The lowest BCUT2D eigenvalue weighted by Gasteiger charge is -2.23. The van der Waals surface area contributed by atoms with Crippen LogP contribution >= 0.6 is 11.8 Å². The van der Waals surface area contributed by atoms with Gasteiger partial charge in [-0.2, -0.15) is 16.9 Å². The van der Waals surface area contributed by atoms with Crippen molar-refractivity contribution in [3.8, 4) is 22.9 Å². The lowest BCUT2D eigenvalue weighted by atomic mass is 9.93. The van der Waals surface area contributed by atoms with Crippen LogP contribution in [0, 0.1) is 5.92 Å². The van der Waals surface area contributed by atoms with Gasteiger partial charge in [-0.25, -0.2) is 9.48 Å². The van der Waals surface area contributed by atoms with Gasteiger partial charge < -0.3 is 40.8 Å². The minimum absolute atomic E-state index is 0.00352. The van der Waals surface area contributed by atoms with Gasteiger partial charge >= 0.3 is 6.03 Å². The van der Waals surface area contributed by atoms with E-state index in [0.717, 1.165) is 70.5 Å². The molecule has 3 heterocycles. The molecule has 1 aromatic heterocycles. The summed E-state index contributed by atoms with van der Waals surface area (Å²) in [5.41, 5.74) is 5.13. The van der Waals surface area contributed by atoms with Crippen molar-refractivity contribution in [2.45, 2.75) is 62.4 Å². The first-order valence-corrected chi connectivity index (χ1v) is 23.7. The van der Waals surface area contributed by atoms with Crippen molar-refractivity contribution >= 4 is 51.9 Å². The summed E-state index contributed by atoms with van der Waals surface area (Å²) >= 11 is 1.90. The quantitative estimate of drug-likeness (QED) is 0.0384. The number of nitrogens with one attached hydrogen (secondary N) is 5. The van der Waals surface area contributed by atoms with E-state index in [2.05, 4.69) is 26.6 Å². The molecule has 15 heteroatoms. The van der Waals surface area contributed by atoms with Crippen LogP contribution in [0.4, 0.5) is 4.79 Å². The first kappa shape index (κ1) is 46.0. The molecule has 0 radical (unpaired) electrons. The van der Waals surface area contributed by atoms with Crippen molar-refractivity contribution in [3.05, 3.63) is 132 Å². The van der Waals surface area contributed by atoms with Crippen LogP contribution in [0.3, 0.4) is 0 Å². The van der Waals surface area contributed by atoms with E-state index in [1.54, 1.807) is 38.5 Å². The van der Waals surface area contributed by atoms with Gasteiger partial charge in [-0.3, -0.25) is 14.4 Å². The van der Waals surface area contributed by atoms with E-state index in [1.807, 2.05) is 108 Å². The molecule has 4 amide bonds. The van der Waals surface area contributed by atoms with Crippen LogP contribution in [-0.4, -0.2) is 97.0 Å². The average molecular weight is 912 g/mol. The first-order chi connectivity index (χ1) is 32.2. The molecule has 66 heavy (non-hydrogen) atoms. The number of methoxy groups -OCH3 is 2. The van der Waals surface area contributed by atoms with Crippen LogP contribution < -0.4 is 40.8 Å². The molecule has 2 aliphatic heterocycles. The Morgan fingerprint density at radius 3 is 2.48 bits per heavy atom. The zero-order valence-electron chi connectivity index (χ0n) is 37.5. The van der Waals surface area contributed by atoms with E-state index >= 15 is 0 Å². The van der Waals surface area contributed by atoms with Gasteiger partial charge in [0.2, 0.25) is 5.91 Å². The summed E-state index contributed by atoms with van der Waals surface area (Å²) in [6.45, 7) is 4.22. The molecular formula is C51H57N7O7S. The molecule has 0 spiro atoms. The topological polar surface area (TPSA) is 174 Å². The number of hydrogen-bond donors (Lipinski definition) is 5. The Kier molecular flexibility index (Phi) is 15.0. The summed E-state index contributed by atoms with van der Waals surface area (Å²) in [7, 11) is 3.19. The standard InChI is InChI=1S/C51H57N7O7S/c1-4-65-37-22-18-32(19-23-37)47(40-25-24-38(63-2)29-44(40)64-3)55-50(61)33-16-20-36(21-17-33)58-42-11-6-5-10-39(42)48(57-58)34-14-15-35(43(59)28-34)30-52-26-9-27-53-46(60)13-8-7-12-45-49-41(31-66-45)54-51(62)56-49/h5-6,10-11,14-25,28-29,35,41,45,47,49,52H,4,7-9,12-13,26-27,30-31H2,1-3H3,(H,53,60)(H,55,61)(H2,54,56,62). The average Bonchev–Trinajstić information content (AvgIpc) is 4.04. The van der Waals surface area contributed by atoms with Gasteiger partial charge in [-0.15, -0.1) is 0 Å². The highest BCUT2D eigenvalue weighted by atomic mass is 32.2. The fourth-order valence-electron chi connectivity index (χ4n) is 8.77. The third kappa shape index (κ3) is 10.7. The summed E-state index contributed by atoms with van der Waals surface area (Å²) in [5, 5.41) is 21.9. The smallest absolute Gasteiger partial charge is 0.315 e. The number of para-hydroxylation sites is 1. The van der Waals surface area contributed by atoms with Crippen molar-refractivity contribution in [2.24, 2.45) is 5.92 Å². The van der Waals surface area contributed by atoms with E-state index < -0.39 is 6.04 Å². The maximum absolute atomic E-state index is 14.0. The van der Waals surface area contributed by atoms with Gasteiger partial charge in [-0.1, -0.05) is 48.9 Å². The van der Waals surface area contributed by atoms with Crippen molar-refractivity contribution in [3.63, 3.8) is 0 Å². The SMILES string of the molecule is CCOc1ccc(C(NC(=O)c2ccc(-n3nc(C4=CC(=O)C(CNCCCNC(=O)CCCCC5SCC6NC(=O)NC65)C=C4)c4ccccc43)cc2)c2ccc(OC)cc2OC)cc1. The van der Waals surface area contributed by atoms with E-state index in [1.165, 1.54) is 0 Å². The van der Waals surface area contributed by atoms with E-state index in [4.69, 9.17) is 19.3 Å². The van der Waals surface area contributed by atoms with E-state index in [9.17, 15) is 19.2 Å². The van der Waals surface area contributed by atoms with Gasteiger partial charge in [0.15, 0.2) is 5.78 Å². The number of hydrogen-bond acceptors (Lipinski definition) is 10. The Balaban J connectivity index is 0.844. The number of nitrogens with zero attached hydrogens (tertiary/aromatic N) is 2. The first-order valence-electron chi connectivity index (χ1n) is 22.7. The predicted octanol–water partition coefficient (Wildman–Crippen LogP) is 6.92. The highest BCUT2D eigenvalue weighted by molar-refractivity contribution is 8.00. The summed E-state index contributed by atoms with van der Waals surface area (Å²) in [5.74, 6) is 2.36. The number of carbonyl (C=O) groups is 4. The van der Waals surface area contributed by atoms with Crippen LogP contribution in [0.25, 0.3) is 22.2 Å². The highest BCUT2D eigenvalue weighted by Crippen LogP contribution is 2.36. The van der Waals surface area contributed by atoms with Crippen LogP contribution in [0.2, 0.25) is 0 Å². The van der Waals surface area contributed by atoms with Crippen molar-refractivity contribution in [1.29, 1.82) is 0 Å². The molecule has 5 unspecified atom stereocenters. The second-order valence-corrected chi connectivity index (χ2v) is 17.9. The van der Waals surface area contributed by atoms with Crippen LogP contribution in [0.1, 0.15) is 72.2 Å². The number of ether oxygens (including phenoxy) is 3. The molecule has 2 fully saturated rings. The number of urea groups is 1. The minimum Gasteiger partial charge on any atom is -0.497 e. The molecular weight excluding hydrogens is 855 g/mol. The molecule has 2 saturated heterocycles. The number of aromatic nitrogens is 2. The van der Waals surface area contributed by atoms with Crippen molar-refractivity contribution in [1.82, 2.24) is 36.4 Å². The lowest BCUT2D eigenvalue weighted by Crippen LogP contribution is -2.36. The van der Waals surface area contributed by atoms with Gasteiger partial charge in [0.25, 0.3) is 5.91 Å². The molecule has 3 aliphatic rings. The monoisotopic (exact) mass is 911 g/mol. The molecule has 14 nitrogen and oxygen atoms in total. The van der Waals surface area contributed by atoms with E-state index in [0.29, 0.717) is 60.7 Å². The number of amides is 4. The fraction of sp³-hybridized carbons (Fsp3) is 0.353. The van der Waals surface area contributed by atoms with Crippen LogP contribution in [0.15, 0.2) is 109 Å². The summed E-state index contributed by atoms with van der Waals surface area (Å²) in [4.78, 5) is 51.4. The Labute approximate surface area is 389 Å². The second-order valence-electron chi connectivity index (χ2n) is 16.6. The Morgan fingerprint density at radius 2 is 1.71 bits per heavy atom. The molecule has 5 N–H and O–H groups in total. The summed E-state index contributed by atoms with van der Waals surface area (Å²) < 4.78 is 18.7. The van der Waals surface area contributed by atoms with Gasteiger partial charge in [0, 0.05) is 58.7 Å². The summed E-state index contributed by atoms with van der Waals surface area (Å²) in [6.07, 6.45) is 9.58. The number of thioether (sulfide) groups is 1. The van der Waals surface area contributed by atoms with Crippen LogP contribution in [0.5, 0.6) is 17.2 Å². The normalized spacial score (nSPS) is 19.1. The zero-order chi connectivity index (χ0) is 46.0. The predicted molar refractivity (Wildman–Crippen MR) is 258 cm³/mol. The Hall–Kier alpha value is -6.58. The van der Waals surface area contributed by atoms with Gasteiger partial charge in [0.1, 0.15) is 22.9 Å². The highest BCUT2D eigenvalue weighted by Gasteiger charge is 2.42. The van der Waals surface area contributed by atoms with Gasteiger partial charge in [-0.05, 0) is 99.0 Å². The minimum atomic E-state index is -0.542. The fourth-order valence-corrected chi connectivity index (χ4v) is 10.3. The molecule has 5 aromatic rings. The molecule has 0 saturated carbocycles. The van der Waals surface area contributed by atoms with Gasteiger partial charge in [0.05, 0.1) is 56.1 Å². The maximum Gasteiger partial charge on any atom is 0.315 e. The van der Waals surface area contributed by atoms with Crippen molar-refractivity contribution < 1.29 is 33.4 Å². The van der Waals surface area contributed by atoms with Crippen molar-refractivity contribution in [2.75, 3.05) is 46.2 Å². The summed E-state index contributed by atoms with van der Waals surface area (Å²) in [6, 6.07) is 28.2. The largest absolute Gasteiger partial charge is 0.497 e. The Morgan fingerprint density at radius 1 is 0.909 bits per heavy atom. The molecule has 8 rings (SSSR count). The maximum atomic E-state index is 14.0. The van der Waals surface area contributed by atoms with E-state index in [-0.39, 0.29) is 41.6 Å². The number of ketones is 1. The number of rotatable bonds is 21. The molecule has 0 bridgehead atoms. The number of unbranched alkanes of at least 4 members (excludes halogenated alkanes) is 1. The molecule has 4 aromatic carbocycles. The second kappa shape index (κ2) is 21.6. The number of benzene rings is 4. The molecule has 344 valence electrons. The number of carbonyl (C=O) groups excluding carboxylic acids is 4. The Bertz CT molecular complexity index is 2590. The number of fused-ring (bicyclic) bond motifs is 2.